The van der Waals surface area contributed by atoms with Crippen LogP contribution < -0.4 is 0 Å². The summed E-state index contributed by atoms with van der Waals surface area (Å²) in [6, 6.07) is 10.2. The lowest BCUT2D eigenvalue weighted by atomic mass is 10.2. The molecule has 0 atom stereocenters. The first-order chi connectivity index (χ1) is 10.1. The predicted molar refractivity (Wildman–Crippen MR) is 83.4 cm³/mol. The van der Waals surface area contributed by atoms with E-state index in [0.29, 0.717) is 11.6 Å². The molecule has 0 amide bonds. The minimum absolute atomic E-state index is 0.0554. The van der Waals surface area contributed by atoms with Crippen molar-refractivity contribution in [3.8, 4) is 0 Å². The topological polar surface area (TPSA) is 25.2 Å². The van der Waals surface area contributed by atoms with E-state index in [4.69, 9.17) is 23.2 Å². The number of fused-ring (bicyclic) bond motifs is 1. The van der Waals surface area contributed by atoms with Gasteiger partial charge in [0.25, 0.3) is 0 Å². The van der Waals surface area contributed by atoms with Crippen molar-refractivity contribution >= 4 is 34.1 Å². The number of aliphatic hydroxyl groups excluding tert-OH is 1. The molecule has 5 heteroatoms. The molecule has 1 heterocycles. The van der Waals surface area contributed by atoms with E-state index in [1.54, 1.807) is 12.1 Å². The summed E-state index contributed by atoms with van der Waals surface area (Å²) in [5.74, 6) is -0.439. The minimum atomic E-state index is -0.439. The van der Waals surface area contributed by atoms with Crippen molar-refractivity contribution in [2.75, 3.05) is 0 Å². The third-order valence-corrected chi connectivity index (χ3v) is 3.98. The van der Waals surface area contributed by atoms with E-state index >= 15 is 0 Å². The average molecular weight is 324 g/mol. The normalized spacial score (nSPS) is 11.2. The van der Waals surface area contributed by atoms with Gasteiger partial charge in [-0.1, -0.05) is 35.3 Å². The molecular formula is C16H12Cl2FNO. The standard InChI is InChI=1S/C16H12Cl2FNO/c17-12-2-3-13-11(9-21)8-20(16(13)6-12)7-10-1-4-14(18)15(19)5-10/h1-6,8,21H,7,9H2. The Bertz CT molecular complexity index is 813. The van der Waals surface area contributed by atoms with Crippen LogP contribution in [-0.2, 0) is 13.2 Å². The third kappa shape index (κ3) is 2.77. The van der Waals surface area contributed by atoms with E-state index in [0.717, 1.165) is 22.0 Å². The zero-order chi connectivity index (χ0) is 15.0. The van der Waals surface area contributed by atoms with Crippen molar-refractivity contribution in [3.05, 3.63) is 69.6 Å². The molecule has 21 heavy (non-hydrogen) atoms. The number of aliphatic hydroxyl groups is 1. The SMILES string of the molecule is OCc1cn(Cc2ccc(Cl)c(F)c2)c2cc(Cl)ccc12. The molecule has 0 saturated heterocycles. The number of halogens is 3. The summed E-state index contributed by atoms with van der Waals surface area (Å²) in [6.07, 6.45) is 1.85. The molecular weight excluding hydrogens is 312 g/mol. The Kier molecular flexibility index (Phi) is 3.89. The van der Waals surface area contributed by atoms with Gasteiger partial charge < -0.3 is 9.67 Å². The van der Waals surface area contributed by atoms with Crippen LogP contribution in [0.15, 0.2) is 42.6 Å². The van der Waals surface area contributed by atoms with E-state index < -0.39 is 5.82 Å². The number of hydrogen-bond acceptors (Lipinski definition) is 1. The quantitative estimate of drug-likeness (QED) is 0.747. The highest BCUT2D eigenvalue weighted by molar-refractivity contribution is 6.31. The van der Waals surface area contributed by atoms with Crippen molar-refractivity contribution < 1.29 is 9.50 Å². The van der Waals surface area contributed by atoms with Crippen molar-refractivity contribution in [2.45, 2.75) is 13.2 Å². The zero-order valence-electron chi connectivity index (χ0n) is 11.0. The highest BCUT2D eigenvalue weighted by Gasteiger charge is 2.10. The van der Waals surface area contributed by atoms with E-state index in [1.165, 1.54) is 12.1 Å². The molecule has 1 N–H and O–H groups in total. The van der Waals surface area contributed by atoms with Crippen LogP contribution in [0, 0.1) is 5.82 Å². The number of aromatic nitrogens is 1. The van der Waals surface area contributed by atoms with Gasteiger partial charge in [-0.25, -0.2) is 4.39 Å². The number of hydrogen-bond donors (Lipinski definition) is 1. The Morgan fingerprint density at radius 3 is 2.62 bits per heavy atom. The van der Waals surface area contributed by atoms with Gasteiger partial charge in [0.15, 0.2) is 0 Å². The van der Waals surface area contributed by atoms with Crippen LogP contribution in [0.1, 0.15) is 11.1 Å². The molecule has 0 unspecified atom stereocenters. The molecule has 108 valence electrons. The molecule has 3 rings (SSSR count). The fourth-order valence-corrected chi connectivity index (χ4v) is 2.72. The second-order valence-electron chi connectivity index (χ2n) is 4.85. The molecule has 0 bridgehead atoms. The summed E-state index contributed by atoms with van der Waals surface area (Å²) < 4.78 is 15.5. The van der Waals surface area contributed by atoms with Gasteiger partial charge in [0, 0.05) is 28.7 Å². The van der Waals surface area contributed by atoms with Crippen molar-refractivity contribution in [1.82, 2.24) is 4.57 Å². The van der Waals surface area contributed by atoms with E-state index in [1.807, 2.05) is 22.9 Å². The van der Waals surface area contributed by atoms with Crippen LogP contribution in [0.3, 0.4) is 0 Å². The zero-order valence-corrected chi connectivity index (χ0v) is 12.5. The van der Waals surface area contributed by atoms with Crippen molar-refractivity contribution in [1.29, 1.82) is 0 Å². The fraction of sp³-hybridized carbons (Fsp3) is 0.125. The van der Waals surface area contributed by atoms with Crippen LogP contribution in [0.25, 0.3) is 10.9 Å². The van der Waals surface area contributed by atoms with Gasteiger partial charge in [-0.15, -0.1) is 0 Å². The average Bonchev–Trinajstić information content (AvgIpc) is 2.80. The largest absolute Gasteiger partial charge is 0.392 e. The van der Waals surface area contributed by atoms with Crippen LogP contribution in [0.5, 0.6) is 0 Å². The van der Waals surface area contributed by atoms with E-state index in [-0.39, 0.29) is 11.6 Å². The summed E-state index contributed by atoms with van der Waals surface area (Å²) in [7, 11) is 0. The second-order valence-corrected chi connectivity index (χ2v) is 5.69. The van der Waals surface area contributed by atoms with Crippen LogP contribution in [0.4, 0.5) is 4.39 Å². The number of benzene rings is 2. The number of rotatable bonds is 3. The maximum atomic E-state index is 13.5. The first-order valence-corrected chi connectivity index (χ1v) is 7.16. The van der Waals surface area contributed by atoms with Crippen LogP contribution >= 0.6 is 23.2 Å². The fourth-order valence-electron chi connectivity index (χ4n) is 2.43. The van der Waals surface area contributed by atoms with Crippen LogP contribution in [0.2, 0.25) is 10.0 Å². The Morgan fingerprint density at radius 2 is 1.90 bits per heavy atom. The Labute approximate surface area is 131 Å². The molecule has 3 aromatic rings. The maximum absolute atomic E-state index is 13.5. The highest BCUT2D eigenvalue weighted by Crippen LogP contribution is 2.26. The van der Waals surface area contributed by atoms with Crippen molar-refractivity contribution in [2.24, 2.45) is 0 Å². The summed E-state index contributed by atoms with van der Waals surface area (Å²) in [4.78, 5) is 0. The summed E-state index contributed by atoms with van der Waals surface area (Å²) in [6.45, 7) is 0.422. The minimum Gasteiger partial charge on any atom is -0.392 e. The molecule has 0 aliphatic carbocycles. The van der Waals surface area contributed by atoms with E-state index in [2.05, 4.69) is 0 Å². The molecule has 0 spiro atoms. The van der Waals surface area contributed by atoms with Crippen molar-refractivity contribution in [3.63, 3.8) is 0 Å². The third-order valence-electron chi connectivity index (χ3n) is 3.43. The first-order valence-electron chi connectivity index (χ1n) is 6.40. The molecule has 1 aromatic heterocycles. The first kappa shape index (κ1) is 14.4. The molecule has 0 fully saturated rings. The second kappa shape index (κ2) is 5.68. The van der Waals surface area contributed by atoms with Gasteiger partial charge in [-0.3, -0.25) is 0 Å². The summed E-state index contributed by atoms with van der Waals surface area (Å²) in [5, 5.41) is 11.1. The van der Waals surface area contributed by atoms with Gasteiger partial charge >= 0.3 is 0 Å². The molecule has 2 aromatic carbocycles. The molecule has 0 saturated carbocycles. The van der Waals surface area contributed by atoms with Gasteiger partial charge in [-0.05, 0) is 29.8 Å². The maximum Gasteiger partial charge on any atom is 0.142 e. The van der Waals surface area contributed by atoms with Gasteiger partial charge in [0.1, 0.15) is 5.82 Å². The molecule has 0 radical (unpaired) electrons. The lowest BCUT2D eigenvalue weighted by Gasteiger charge is -2.06. The molecule has 0 aliphatic rings. The predicted octanol–water partition coefficient (Wildman–Crippen LogP) is 4.63. The summed E-state index contributed by atoms with van der Waals surface area (Å²) in [5.41, 5.74) is 2.51. The van der Waals surface area contributed by atoms with Gasteiger partial charge in [0.05, 0.1) is 17.1 Å². The Balaban J connectivity index is 2.07. The molecule has 2 nitrogen and oxygen atoms in total. The Morgan fingerprint density at radius 1 is 1.10 bits per heavy atom. The van der Waals surface area contributed by atoms with Gasteiger partial charge in [-0.2, -0.15) is 0 Å². The van der Waals surface area contributed by atoms with Gasteiger partial charge in [0.2, 0.25) is 0 Å². The number of nitrogens with zero attached hydrogens (tertiary/aromatic N) is 1. The summed E-state index contributed by atoms with van der Waals surface area (Å²) >= 11 is 11.7. The molecule has 0 aliphatic heterocycles. The van der Waals surface area contributed by atoms with E-state index in [9.17, 15) is 9.50 Å². The monoisotopic (exact) mass is 323 g/mol. The lowest BCUT2D eigenvalue weighted by Crippen LogP contribution is -1.98. The smallest absolute Gasteiger partial charge is 0.142 e. The Hall–Kier alpha value is -1.55. The highest BCUT2D eigenvalue weighted by atomic mass is 35.5. The van der Waals surface area contributed by atoms with Crippen LogP contribution in [-0.4, -0.2) is 9.67 Å². The lowest BCUT2D eigenvalue weighted by molar-refractivity contribution is 0.283.